The second kappa shape index (κ2) is 7.36. The highest BCUT2D eigenvalue weighted by molar-refractivity contribution is 7.17. The number of anilines is 1. The average molecular weight is 389 g/mol. The van der Waals surface area contributed by atoms with Gasteiger partial charge in [0, 0.05) is 16.5 Å². The highest BCUT2D eigenvalue weighted by Crippen LogP contribution is 2.39. The minimum absolute atomic E-state index is 0.0648. The van der Waals surface area contributed by atoms with Gasteiger partial charge in [0.05, 0.1) is 17.6 Å². The number of nitrogens with one attached hydrogen (secondary N) is 1. The zero-order chi connectivity index (χ0) is 19.7. The fourth-order valence-corrected chi connectivity index (χ4v) is 4.66. The minimum Gasteiger partial charge on any atom is -0.490 e. The van der Waals surface area contributed by atoms with Crippen molar-refractivity contribution >= 4 is 33.8 Å². The molecule has 1 aliphatic carbocycles. The molecule has 1 unspecified atom stereocenters. The molecule has 2 amide bonds. The third kappa shape index (κ3) is 3.63. The molecule has 142 valence electrons. The quantitative estimate of drug-likeness (QED) is 0.600. The van der Waals surface area contributed by atoms with Crippen LogP contribution in [-0.2, 0) is 12.8 Å². The van der Waals surface area contributed by atoms with Crippen molar-refractivity contribution in [2.75, 3.05) is 12.4 Å². The first-order chi connectivity index (χ1) is 12.8. The number of ether oxygens (including phenoxy) is 1. The van der Waals surface area contributed by atoms with Crippen LogP contribution in [0.1, 0.15) is 44.5 Å². The van der Waals surface area contributed by atoms with Gasteiger partial charge in [-0.2, -0.15) is 0 Å². The average Bonchev–Trinajstić information content (AvgIpc) is 2.97. The van der Waals surface area contributed by atoms with Crippen molar-refractivity contribution < 1.29 is 19.2 Å². The Balaban J connectivity index is 1.94. The summed E-state index contributed by atoms with van der Waals surface area (Å²) in [5.74, 6) is -0.562. The van der Waals surface area contributed by atoms with Crippen LogP contribution >= 0.6 is 11.3 Å². The number of fused-ring (bicyclic) bond motifs is 1. The highest BCUT2D eigenvalue weighted by Gasteiger charge is 2.28. The van der Waals surface area contributed by atoms with Crippen LogP contribution in [0.4, 0.5) is 10.7 Å². The van der Waals surface area contributed by atoms with Crippen molar-refractivity contribution in [2.24, 2.45) is 11.7 Å². The maximum absolute atomic E-state index is 12.6. The number of carbonyl (C=O) groups excluding carboxylic acids is 2. The number of nitro groups is 1. The van der Waals surface area contributed by atoms with Crippen molar-refractivity contribution in [1.82, 2.24) is 0 Å². The zero-order valence-electron chi connectivity index (χ0n) is 14.9. The van der Waals surface area contributed by atoms with Gasteiger partial charge in [-0.1, -0.05) is 6.92 Å². The first kappa shape index (κ1) is 18.8. The van der Waals surface area contributed by atoms with Gasteiger partial charge >= 0.3 is 5.69 Å². The van der Waals surface area contributed by atoms with Crippen LogP contribution in [0.15, 0.2) is 18.2 Å². The van der Waals surface area contributed by atoms with Crippen molar-refractivity contribution in [3.8, 4) is 5.75 Å². The van der Waals surface area contributed by atoms with Gasteiger partial charge < -0.3 is 15.8 Å². The highest BCUT2D eigenvalue weighted by atomic mass is 32.1. The lowest BCUT2D eigenvalue weighted by Gasteiger charge is -2.18. The molecule has 0 bridgehead atoms. The van der Waals surface area contributed by atoms with Crippen molar-refractivity contribution in [3.63, 3.8) is 0 Å². The number of carbonyl (C=O) groups is 2. The topological polar surface area (TPSA) is 125 Å². The molecule has 8 nitrogen and oxygen atoms in total. The first-order valence-electron chi connectivity index (χ1n) is 8.40. The lowest BCUT2D eigenvalue weighted by Crippen LogP contribution is -2.19. The molecule has 3 N–H and O–H groups in total. The Hall–Kier alpha value is -2.94. The number of hydrogen-bond donors (Lipinski definition) is 2. The molecule has 1 aromatic heterocycles. The number of methoxy groups -OCH3 is 1. The van der Waals surface area contributed by atoms with Gasteiger partial charge in [0.25, 0.3) is 11.8 Å². The van der Waals surface area contributed by atoms with Crippen molar-refractivity contribution in [2.45, 2.75) is 26.2 Å². The molecule has 1 heterocycles. The normalized spacial score (nSPS) is 15.7. The molecule has 2 aromatic rings. The van der Waals surface area contributed by atoms with E-state index in [9.17, 15) is 19.7 Å². The molecule has 1 atom stereocenters. The standard InChI is InChI=1S/C18H19N3O5S/c1-9-3-5-11-14(7-9)27-18(15(11)16(19)22)20-17(23)10-4-6-13(26-2)12(8-10)21(24)25/h4,6,8-9H,3,5,7H2,1-2H3,(H2,19,22)(H,20,23). The smallest absolute Gasteiger partial charge is 0.311 e. The Kier molecular flexibility index (Phi) is 5.13. The van der Waals surface area contributed by atoms with Crippen LogP contribution < -0.4 is 15.8 Å². The molecule has 0 spiro atoms. The number of nitrogens with two attached hydrogens (primary N) is 1. The van der Waals surface area contributed by atoms with Crippen LogP contribution in [0.2, 0.25) is 0 Å². The van der Waals surface area contributed by atoms with E-state index in [4.69, 9.17) is 10.5 Å². The lowest BCUT2D eigenvalue weighted by molar-refractivity contribution is -0.385. The van der Waals surface area contributed by atoms with Crippen LogP contribution in [0.25, 0.3) is 0 Å². The van der Waals surface area contributed by atoms with Crippen LogP contribution in [-0.4, -0.2) is 23.8 Å². The summed E-state index contributed by atoms with van der Waals surface area (Å²) in [6, 6.07) is 3.94. The Morgan fingerprint density at radius 1 is 1.41 bits per heavy atom. The monoisotopic (exact) mass is 389 g/mol. The molecule has 1 aromatic carbocycles. The van der Waals surface area contributed by atoms with Gasteiger partial charge in [-0.05, 0) is 42.9 Å². The molecule has 0 saturated heterocycles. The van der Waals surface area contributed by atoms with E-state index < -0.39 is 16.7 Å². The summed E-state index contributed by atoms with van der Waals surface area (Å²) >= 11 is 1.34. The van der Waals surface area contributed by atoms with Crippen LogP contribution in [0.3, 0.4) is 0 Å². The van der Waals surface area contributed by atoms with E-state index >= 15 is 0 Å². The lowest BCUT2D eigenvalue weighted by atomic mass is 9.88. The number of amides is 2. The van der Waals surface area contributed by atoms with Crippen LogP contribution in [0, 0.1) is 16.0 Å². The summed E-state index contributed by atoms with van der Waals surface area (Å²) in [7, 11) is 1.32. The maximum Gasteiger partial charge on any atom is 0.311 e. The molecule has 0 fully saturated rings. The van der Waals surface area contributed by atoms with E-state index in [0.717, 1.165) is 35.8 Å². The number of thiophene rings is 1. The fourth-order valence-electron chi connectivity index (χ4n) is 3.25. The van der Waals surface area contributed by atoms with Crippen LogP contribution in [0.5, 0.6) is 5.75 Å². The number of nitro benzene ring substituents is 1. The molecule has 1 aliphatic rings. The molecule has 3 rings (SSSR count). The number of rotatable bonds is 5. The first-order valence-corrected chi connectivity index (χ1v) is 9.21. The second-order valence-corrected chi connectivity index (χ2v) is 7.62. The molecular formula is C18H19N3O5S. The predicted octanol–water partition coefficient (Wildman–Crippen LogP) is 3.14. The van der Waals surface area contributed by atoms with Gasteiger partial charge in [0.1, 0.15) is 5.00 Å². The van der Waals surface area contributed by atoms with Gasteiger partial charge in [-0.15, -0.1) is 11.3 Å². The molecule has 9 heteroatoms. The summed E-state index contributed by atoms with van der Waals surface area (Å²) < 4.78 is 4.94. The summed E-state index contributed by atoms with van der Waals surface area (Å²) in [6.07, 6.45) is 2.54. The van der Waals surface area contributed by atoms with E-state index in [2.05, 4.69) is 12.2 Å². The van der Waals surface area contributed by atoms with Crippen molar-refractivity contribution in [3.05, 3.63) is 49.9 Å². The molecule has 0 aliphatic heterocycles. The van der Waals surface area contributed by atoms with E-state index in [1.165, 1.54) is 30.6 Å². The Morgan fingerprint density at radius 2 is 2.15 bits per heavy atom. The molecule has 0 radical (unpaired) electrons. The summed E-state index contributed by atoms with van der Waals surface area (Å²) in [6.45, 7) is 2.14. The summed E-state index contributed by atoms with van der Waals surface area (Å²) in [5.41, 5.74) is 6.58. The second-order valence-electron chi connectivity index (χ2n) is 6.52. The molecule has 0 saturated carbocycles. The van der Waals surface area contributed by atoms with E-state index in [1.807, 2.05) is 0 Å². The minimum atomic E-state index is -0.615. The Morgan fingerprint density at radius 3 is 2.78 bits per heavy atom. The van der Waals surface area contributed by atoms with Crippen molar-refractivity contribution in [1.29, 1.82) is 0 Å². The van der Waals surface area contributed by atoms with Gasteiger partial charge in [-0.25, -0.2) is 0 Å². The molecule has 27 heavy (non-hydrogen) atoms. The third-order valence-electron chi connectivity index (χ3n) is 4.62. The number of nitrogens with zero attached hydrogens (tertiary/aromatic N) is 1. The number of primary amides is 1. The third-order valence-corrected chi connectivity index (χ3v) is 5.79. The maximum atomic E-state index is 12.6. The number of benzene rings is 1. The Labute approximate surface area is 159 Å². The zero-order valence-corrected chi connectivity index (χ0v) is 15.7. The Bertz CT molecular complexity index is 937. The fraction of sp³-hybridized carbons (Fsp3) is 0.333. The summed E-state index contributed by atoms with van der Waals surface area (Å²) in [4.78, 5) is 36.2. The van der Waals surface area contributed by atoms with E-state index in [0.29, 0.717) is 16.5 Å². The van der Waals surface area contributed by atoms with Gasteiger partial charge in [-0.3, -0.25) is 19.7 Å². The summed E-state index contributed by atoms with van der Waals surface area (Å²) in [5, 5.41) is 14.2. The van der Waals surface area contributed by atoms with E-state index in [-0.39, 0.29) is 17.0 Å². The van der Waals surface area contributed by atoms with E-state index in [1.54, 1.807) is 0 Å². The number of hydrogen-bond acceptors (Lipinski definition) is 6. The largest absolute Gasteiger partial charge is 0.490 e. The molecular weight excluding hydrogens is 370 g/mol. The van der Waals surface area contributed by atoms with Gasteiger partial charge in [0.2, 0.25) is 0 Å². The SMILES string of the molecule is COc1ccc(C(=O)Nc2sc3c(c2C(N)=O)CCC(C)C3)cc1[N+](=O)[O-]. The van der Waals surface area contributed by atoms with Gasteiger partial charge in [0.15, 0.2) is 5.75 Å². The predicted molar refractivity (Wildman–Crippen MR) is 102 cm³/mol.